The van der Waals surface area contributed by atoms with Crippen molar-refractivity contribution in [1.29, 1.82) is 0 Å². The summed E-state index contributed by atoms with van der Waals surface area (Å²) in [4.78, 5) is 20.5. The van der Waals surface area contributed by atoms with E-state index in [-0.39, 0.29) is 0 Å². The van der Waals surface area contributed by atoms with Gasteiger partial charge in [-0.2, -0.15) is 0 Å². The van der Waals surface area contributed by atoms with Crippen LogP contribution in [0.25, 0.3) is 0 Å². The van der Waals surface area contributed by atoms with Crippen LogP contribution in [0, 0.1) is 0 Å². The molecule has 0 aromatic heterocycles. The Morgan fingerprint density at radius 1 is 0.818 bits per heavy atom. The van der Waals surface area contributed by atoms with Crippen LogP contribution >= 0.6 is 0 Å². The first-order chi connectivity index (χ1) is 10.7. The number of ether oxygens (including phenoxy) is 1. The summed E-state index contributed by atoms with van der Waals surface area (Å²) >= 11 is 0. The minimum absolute atomic E-state index is 0.308. The highest BCUT2D eigenvalue weighted by Gasteiger charge is 2.36. The first-order valence-electron chi connectivity index (χ1n) is 9.05. The molecule has 0 bridgehead atoms. The molecule has 1 saturated heterocycles. The quantitative estimate of drug-likeness (QED) is 0.259. The number of carboxylic acid groups (broad SMARTS) is 1. The summed E-state index contributed by atoms with van der Waals surface area (Å²) in [6.45, 7) is 0. The van der Waals surface area contributed by atoms with Crippen LogP contribution in [0.5, 0.6) is 0 Å². The van der Waals surface area contributed by atoms with Gasteiger partial charge in [0, 0.05) is 12.8 Å². The monoisotopic (exact) mass is 312 g/mol. The predicted molar refractivity (Wildman–Crippen MR) is 87.0 cm³/mol. The smallest absolute Gasteiger partial charge is 0.303 e. The van der Waals surface area contributed by atoms with Gasteiger partial charge in [0.2, 0.25) is 0 Å². The van der Waals surface area contributed by atoms with Crippen LogP contribution in [-0.4, -0.2) is 29.6 Å². The van der Waals surface area contributed by atoms with Crippen molar-refractivity contribution in [2.24, 2.45) is 0 Å². The number of carbonyl (C=O) groups is 2. The summed E-state index contributed by atoms with van der Waals surface area (Å²) in [5.41, 5.74) is 0. The second kappa shape index (κ2) is 12.6. The predicted octanol–water partition coefficient (Wildman–Crippen LogP) is 4.50. The molecule has 0 aliphatic carbocycles. The number of carbonyl (C=O) groups excluding carboxylic acids is 1. The lowest BCUT2D eigenvalue weighted by atomic mass is 10.0. The number of aldehydes is 1. The average molecular weight is 312 g/mol. The molecule has 4 heteroatoms. The highest BCUT2D eigenvalue weighted by atomic mass is 16.6. The van der Waals surface area contributed by atoms with E-state index in [1.54, 1.807) is 0 Å². The molecule has 0 aromatic rings. The summed E-state index contributed by atoms with van der Waals surface area (Å²) in [6, 6.07) is 0. The molecule has 4 nitrogen and oxygen atoms in total. The van der Waals surface area contributed by atoms with Crippen molar-refractivity contribution in [3.63, 3.8) is 0 Å². The van der Waals surface area contributed by atoms with E-state index in [1.165, 1.54) is 51.4 Å². The Kier molecular flexibility index (Phi) is 11.0. The zero-order valence-electron chi connectivity index (χ0n) is 13.8. The number of aliphatic carboxylic acids is 1. The van der Waals surface area contributed by atoms with Crippen molar-refractivity contribution >= 4 is 12.3 Å². The third-order valence-electron chi connectivity index (χ3n) is 4.38. The van der Waals surface area contributed by atoms with Crippen molar-refractivity contribution in [3.8, 4) is 0 Å². The van der Waals surface area contributed by atoms with Crippen LogP contribution in [0.4, 0.5) is 0 Å². The Hall–Kier alpha value is -0.900. The fourth-order valence-corrected chi connectivity index (χ4v) is 2.94. The summed E-state index contributed by atoms with van der Waals surface area (Å²) in [7, 11) is 0. The lowest BCUT2D eigenvalue weighted by molar-refractivity contribution is -0.137. The van der Waals surface area contributed by atoms with Gasteiger partial charge in [-0.25, -0.2) is 0 Å². The molecule has 1 heterocycles. The number of hydrogen-bond donors (Lipinski definition) is 1. The van der Waals surface area contributed by atoms with Crippen molar-refractivity contribution in [1.82, 2.24) is 0 Å². The lowest BCUT2D eigenvalue weighted by Crippen LogP contribution is -1.95. The molecule has 22 heavy (non-hydrogen) atoms. The molecule has 2 atom stereocenters. The molecule has 0 aromatic carbocycles. The Morgan fingerprint density at radius 2 is 1.32 bits per heavy atom. The van der Waals surface area contributed by atoms with Crippen LogP contribution in [-0.2, 0) is 14.3 Å². The van der Waals surface area contributed by atoms with Crippen molar-refractivity contribution in [2.75, 3.05) is 0 Å². The van der Waals surface area contributed by atoms with Gasteiger partial charge in [0.1, 0.15) is 6.29 Å². The molecule has 1 aliphatic heterocycles. The second-order valence-electron chi connectivity index (χ2n) is 6.42. The van der Waals surface area contributed by atoms with Crippen LogP contribution in [0.3, 0.4) is 0 Å². The van der Waals surface area contributed by atoms with E-state index in [0.717, 1.165) is 32.0 Å². The van der Waals surface area contributed by atoms with Gasteiger partial charge in [-0.3, -0.25) is 4.79 Å². The third-order valence-corrected chi connectivity index (χ3v) is 4.38. The molecule has 0 saturated carbocycles. The molecule has 0 unspecified atom stereocenters. The Balaban J connectivity index is 1.77. The van der Waals surface area contributed by atoms with E-state index in [2.05, 4.69) is 0 Å². The zero-order valence-corrected chi connectivity index (χ0v) is 13.8. The first kappa shape index (κ1) is 19.1. The number of rotatable bonds is 16. The molecule has 1 aliphatic rings. The van der Waals surface area contributed by atoms with Crippen molar-refractivity contribution < 1.29 is 19.4 Å². The Labute approximate surface area is 134 Å². The van der Waals surface area contributed by atoms with Gasteiger partial charge < -0.3 is 14.6 Å². The first-order valence-corrected chi connectivity index (χ1v) is 9.05. The maximum Gasteiger partial charge on any atom is 0.303 e. The van der Waals surface area contributed by atoms with Gasteiger partial charge in [0.15, 0.2) is 0 Å². The third kappa shape index (κ3) is 10.8. The molecule has 0 amide bonds. The Bertz CT molecular complexity index is 303. The summed E-state index contributed by atoms with van der Waals surface area (Å²) in [5.74, 6) is -0.682. The summed E-state index contributed by atoms with van der Waals surface area (Å²) in [6.07, 6.45) is 16.7. The minimum atomic E-state index is -0.682. The van der Waals surface area contributed by atoms with Gasteiger partial charge in [-0.15, -0.1) is 0 Å². The molecular formula is C18H32O4. The lowest BCUT2D eigenvalue weighted by Gasteiger charge is -2.00. The highest BCUT2D eigenvalue weighted by molar-refractivity contribution is 5.66. The van der Waals surface area contributed by atoms with Crippen LogP contribution < -0.4 is 0 Å². The molecule has 1 N–H and O–H groups in total. The SMILES string of the molecule is O=CCCCCCCC[C@@H]1O[C@@H]1CCCCCCCC(=O)O. The van der Waals surface area contributed by atoms with E-state index < -0.39 is 5.97 Å². The standard InChI is InChI=1S/C18H32O4/c19-15-11-7-2-1-4-8-12-16-17(22-16)13-9-5-3-6-10-14-18(20)21/h15-17H,1-14H2,(H,20,21)/t16-,17+/m0/s1. The van der Waals surface area contributed by atoms with Crippen LogP contribution in [0.1, 0.15) is 89.9 Å². The summed E-state index contributed by atoms with van der Waals surface area (Å²) < 4.78 is 5.70. The van der Waals surface area contributed by atoms with Gasteiger partial charge >= 0.3 is 5.97 Å². The number of epoxide rings is 1. The molecule has 0 radical (unpaired) electrons. The molecule has 1 rings (SSSR count). The number of unbranched alkanes of at least 4 members (excludes halogenated alkanes) is 9. The van der Waals surface area contributed by atoms with Gasteiger partial charge in [-0.1, -0.05) is 51.4 Å². The maximum absolute atomic E-state index is 10.4. The van der Waals surface area contributed by atoms with E-state index in [9.17, 15) is 9.59 Å². The zero-order chi connectivity index (χ0) is 16.0. The highest BCUT2D eigenvalue weighted by Crippen LogP contribution is 2.31. The Morgan fingerprint density at radius 3 is 1.86 bits per heavy atom. The normalized spacial score (nSPS) is 20.0. The molecular weight excluding hydrogens is 280 g/mol. The topological polar surface area (TPSA) is 66.9 Å². The van der Waals surface area contributed by atoms with Crippen molar-refractivity contribution in [2.45, 2.75) is 102 Å². The van der Waals surface area contributed by atoms with Gasteiger partial charge in [0.25, 0.3) is 0 Å². The number of carboxylic acids is 1. The molecule has 128 valence electrons. The fourth-order valence-electron chi connectivity index (χ4n) is 2.94. The van der Waals surface area contributed by atoms with E-state index in [4.69, 9.17) is 9.84 Å². The second-order valence-corrected chi connectivity index (χ2v) is 6.42. The van der Waals surface area contributed by atoms with E-state index in [0.29, 0.717) is 25.0 Å². The van der Waals surface area contributed by atoms with E-state index >= 15 is 0 Å². The van der Waals surface area contributed by atoms with E-state index in [1.807, 2.05) is 0 Å². The number of hydrogen-bond acceptors (Lipinski definition) is 3. The van der Waals surface area contributed by atoms with Crippen molar-refractivity contribution in [3.05, 3.63) is 0 Å². The molecule has 0 spiro atoms. The average Bonchev–Trinajstić information content (AvgIpc) is 3.23. The van der Waals surface area contributed by atoms with Crippen LogP contribution in [0.2, 0.25) is 0 Å². The maximum atomic E-state index is 10.4. The van der Waals surface area contributed by atoms with Crippen LogP contribution in [0.15, 0.2) is 0 Å². The van der Waals surface area contributed by atoms with Gasteiger partial charge in [-0.05, 0) is 25.7 Å². The van der Waals surface area contributed by atoms with Gasteiger partial charge in [0.05, 0.1) is 12.2 Å². The fraction of sp³-hybridized carbons (Fsp3) is 0.889. The summed E-state index contributed by atoms with van der Waals surface area (Å²) in [5, 5.41) is 8.54. The largest absolute Gasteiger partial charge is 0.481 e. The minimum Gasteiger partial charge on any atom is -0.481 e. The molecule has 1 fully saturated rings.